The van der Waals surface area contributed by atoms with Crippen LogP contribution in [0.15, 0.2) is 17.3 Å². The van der Waals surface area contributed by atoms with Gasteiger partial charge in [0.1, 0.15) is 11.8 Å². The van der Waals surface area contributed by atoms with E-state index in [1.807, 2.05) is 0 Å². The zero-order valence-electron chi connectivity index (χ0n) is 10.8. The van der Waals surface area contributed by atoms with Gasteiger partial charge < -0.3 is 20.4 Å². The zero-order valence-corrected chi connectivity index (χ0v) is 10.8. The van der Waals surface area contributed by atoms with Crippen molar-refractivity contribution in [2.45, 2.75) is 19.2 Å². The fourth-order valence-electron chi connectivity index (χ4n) is 1.40. The number of hydrogen-bond donors (Lipinski definition) is 2. The number of oxime groups is 1. The predicted octanol–water partition coefficient (Wildman–Crippen LogP) is 1.61. The lowest BCUT2D eigenvalue weighted by Gasteiger charge is -2.16. The topological polar surface area (TPSA) is 90.0 Å². The average Bonchev–Trinajstić information content (AvgIpc) is 2.37. The first-order chi connectivity index (χ1) is 9.29. The molecule has 112 valence electrons. The average molecular weight is 293 g/mol. The molecule has 3 N–H and O–H groups in total. The molecule has 0 aliphatic carbocycles. The molecule has 1 heterocycles. The number of rotatable bonds is 5. The van der Waals surface area contributed by atoms with Gasteiger partial charge in [0.15, 0.2) is 5.84 Å². The van der Waals surface area contributed by atoms with Crippen LogP contribution in [-0.2, 0) is 10.9 Å². The van der Waals surface area contributed by atoms with Crippen molar-refractivity contribution in [2.24, 2.45) is 10.9 Å². The molecule has 0 saturated heterocycles. The lowest BCUT2D eigenvalue weighted by atomic mass is 10.2. The lowest BCUT2D eigenvalue weighted by Crippen LogP contribution is -2.23. The van der Waals surface area contributed by atoms with Gasteiger partial charge in [-0.05, 0) is 19.1 Å². The maximum Gasteiger partial charge on any atom is 0.433 e. The van der Waals surface area contributed by atoms with Crippen LogP contribution in [0.4, 0.5) is 13.2 Å². The SMILES string of the molecule is COCC(C)Oc1nc(C(F)(F)F)ccc1C(N)=NO. The summed E-state index contributed by atoms with van der Waals surface area (Å²) in [6, 6.07) is 1.75. The molecular weight excluding hydrogens is 279 g/mol. The molecule has 1 unspecified atom stereocenters. The fraction of sp³-hybridized carbons (Fsp3) is 0.455. The number of alkyl halides is 3. The molecule has 20 heavy (non-hydrogen) atoms. The Morgan fingerprint density at radius 1 is 1.50 bits per heavy atom. The molecule has 0 bridgehead atoms. The number of amidine groups is 1. The first kappa shape index (κ1) is 16.0. The minimum atomic E-state index is -4.62. The van der Waals surface area contributed by atoms with E-state index in [9.17, 15) is 13.2 Å². The number of nitrogens with zero attached hydrogens (tertiary/aromatic N) is 2. The molecule has 0 fully saturated rings. The Balaban J connectivity index is 3.20. The monoisotopic (exact) mass is 293 g/mol. The third-order valence-electron chi connectivity index (χ3n) is 2.25. The molecular formula is C11H14F3N3O3. The molecule has 0 saturated carbocycles. The number of methoxy groups -OCH3 is 1. The maximum absolute atomic E-state index is 12.6. The summed E-state index contributed by atoms with van der Waals surface area (Å²) in [6.07, 6.45) is -5.17. The Kier molecular flexibility index (Phi) is 5.14. The molecule has 0 aliphatic rings. The van der Waals surface area contributed by atoms with Crippen LogP contribution in [0.5, 0.6) is 5.88 Å². The summed E-state index contributed by atoms with van der Waals surface area (Å²) in [6.45, 7) is 1.73. The van der Waals surface area contributed by atoms with Crippen molar-refractivity contribution in [3.63, 3.8) is 0 Å². The van der Waals surface area contributed by atoms with Crippen LogP contribution in [0, 0.1) is 0 Å². The number of ether oxygens (including phenoxy) is 2. The Morgan fingerprint density at radius 2 is 2.15 bits per heavy atom. The molecule has 9 heteroatoms. The van der Waals surface area contributed by atoms with Crippen LogP contribution in [0.2, 0.25) is 0 Å². The first-order valence-corrected chi connectivity index (χ1v) is 5.51. The molecule has 1 atom stereocenters. The summed E-state index contributed by atoms with van der Waals surface area (Å²) in [5, 5.41) is 11.3. The molecule has 0 radical (unpaired) electrons. The van der Waals surface area contributed by atoms with E-state index in [1.165, 1.54) is 7.11 Å². The summed E-state index contributed by atoms with van der Waals surface area (Å²) in [7, 11) is 1.42. The normalized spacial score (nSPS) is 14.2. The Hall–Kier alpha value is -2.03. The second-order valence-electron chi connectivity index (χ2n) is 3.92. The van der Waals surface area contributed by atoms with Crippen molar-refractivity contribution in [1.29, 1.82) is 0 Å². The second kappa shape index (κ2) is 6.42. The molecule has 0 aliphatic heterocycles. The van der Waals surface area contributed by atoms with Crippen LogP contribution in [0.25, 0.3) is 0 Å². The quantitative estimate of drug-likeness (QED) is 0.372. The van der Waals surface area contributed by atoms with E-state index in [0.29, 0.717) is 0 Å². The summed E-state index contributed by atoms with van der Waals surface area (Å²) >= 11 is 0. The highest BCUT2D eigenvalue weighted by atomic mass is 19.4. The first-order valence-electron chi connectivity index (χ1n) is 5.51. The van der Waals surface area contributed by atoms with Gasteiger partial charge in [0.2, 0.25) is 5.88 Å². The van der Waals surface area contributed by atoms with Crippen molar-refractivity contribution >= 4 is 5.84 Å². The summed E-state index contributed by atoms with van der Waals surface area (Å²) in [5.74, 6) is -0.773. The molecule has 0 amide bonds. The van der Waals surface area contributed by atoms with Gasteiger partial charge in [0, 0.05) is 7.11 Å². The van der Waals surface area contributed by atoms with E-state index < -0.39 is 23.8 Å². The number of pyridine rings is 1. The third kappa shape index (κ3) is 3.98. The Bertz CT molecular complexity index is 492. The van der Waals surface area contributed by atoms with Crippen molar-refractivity contribution < 1.29 is 27.9 Å². The Morgan fingerprint density at radius 3 is 2.65 bits per heavy atom. The van der Waals surface area contributed by atoms with Gasteiger partial charge in [-0.15, -0.1) is 0 Å². The zero-order chi connectivity index (χ0) is 15.3. The van der Waals surface area contributed by atoms with Gasteiger partial charge in [-0.2, -0.15) is 13.2 Å². The van der Waals surface area contributed by atoms with E-state index in [2.05, 4.69) is 10.1 Å². The van der Waals surface area contributed by atoms with Crippen LogP contribution in [0.3, 0.4) is 0 Å². The Labute approximate surface area is 113 Å². The second-order valence-corrected chi connectivity index (χ2v) is 3.92. The van der Waals surface area contributed by atoms with Crippen molar-refractivity contribution in [3.8, 4) is 5.88 Å². The van der Waals surface area contributed by atoms with Gasteiger partial charge in [0.05, 0.1) is 12.2 Å². The highest BCUT2D eigenvalue weighted by Crippen LogP contribution is 2.30. The standard InChI is InChI=1S/C11H14F3N3O3/c1-6(5-19-2)20-10-7(9(15)17-18)3-4-8(16-10)11(12,13)14/h3-4,6,18H,5H2,1-2H3,(H2,15,17). The largest absolute Gasteiger partial charge is 0.472 e. The van der Waals surface area contributed by atoms with E-state index in [1.54, 1.807) is 6.92 Å². The van der Waals surface area contributed by atoms with Crippen molar-refractivity contribution in [1.82, 2.24) is 4.98 Å². The van der Waals surface area contributed by atoms with Gasteiger partial charge in [-0.25, -0.2) is 4.98 Å². The molecule has 1 rings (SSSR count). The number of nitrogens with two attached hydrogens (primary N) is 1. The van der Waals surface area contributed by atoms with Crippen molar-refractivity contribution in [3.05, 3.63) is 23.4 Å². The molecule has 1 aromatic heterocycles. The van der Waals surface area contributed by atoms with Gasteiger partial charge in [-0.1, -0.05) is 5.16 Å². The molecule has 0 aromatic carbocycles. The summed E-state index contributed by atoms with van der Waals surface area (Å²) in [5.41, 5.74) is 4.20. The molecule has 6 nitrogen and oxygen atoms in total. The third-order valence-corrected chi connectivity index (χ3v) is 2.25. The van der Waals surface area contributed by atoms with E-state index in [0.717, 1.165) is 12.1 Å². The van der Waals surface area contributed by atoms with Crippen LogP contribution in [-0.4, -0.2) is 35.8 Å². The number of halogens is 3. The van der Waals surface area contributed by atoms with Gasteiger partial charge in [0.25, 0.3) is 0 Å². The van der Waals surface area contributed by atoms with Crippen molar-refractivity contribution in [2.75, 3.05) is 13.7 Å². The number of aromatic nitrogens is 1. The molecule has 0 spiro atoms. The van der Waals surface area contributed by atoms with Crippen LogP contribution in [0.1, 0.15) is 18.2 Å². The number of hydrogen-bond acceptors (Lipinski definition) is 5. The van der Waals surface area contributed by atoms with Gasteiger partial charge in [-0.3, -0.25) is 0 Å². The van der Waals surface area contributed by atoms with Crippen LogP contribution < -0.4 is 10.5 Å². The minimum Gasteiger partial charge on any atom is -0.472 e. The van der Waals surface area contributed by atoms with Crippen LogP contribution >= 0.6 is 0 Å². The summed E-state index contributed by atoms with van der Waals surface area (Å²) < 4.78 is 47.9. The highest BCUT2D eigenvalue weighted by molar-refractivity contribution is 5.99. The predicted molar refractivity (Wildman–Crippen MR) is 63.7 cm³/mol. The summed E-state index contributed by atoms with van der Waals surface area (Å²) in [4.78, 5) is 3.36. The van der Waals surface area contributed by atoms with E-state index in [4.69, 9.17) is 20.4 Å². The van der Waals surface area contributed by atoms with Gasteiger partial charge >= 0.3 is 6.18 Å². The highest BCUT2D eigenvalue weighted by Gasteiger charge is 2.33. The van der Waals surface area contributed by atoms with E-state index >= 15 is 0 Å². The minimum absolute atomic E-state index is 0.0385. The van der Waals surface area contributed by atoms with E-state index in [-0.39, 0.29) is 18.1 Å². The molecule has 1 aromatic rings. The maximum atomic E-state index is 12.6. The lowest BCUT2D eigenvalue weighted by molar-refractivity contribution is -0.141. The fourth-order valence-corrected chi connectivity index (χ4v) is 1.40. The smallest absolute Gasteiger partial charge is 0.433 e.